The van der Waals surface area contributed by atoms with Gasteiger partial charge in [-0.1, -0.05) is 42.5 Å². The molecule has 1 aliphatic heterocycles. The average molecular weight is 359 g/mol. The minimum atomic E-state index is -3.69. The topological polar surface area (TPSA) is 80.8 Å². The van der Waals surface area contributed by atoms with Crippen molar-refractivity contribution in [3.8, 4) is 0 Å². The van der Waals surface area contributed by atoms with Crippen LogP contribution in [0.5, 0.6) is 0 Å². The highest BCUT2D eigenvalue weighted by molar-refractivity contribution is 7.85. The summed E-state index contributed by atoms with van der Waals surface area (Å²) in [7, 11) is -3.69. The first-order valence-electron chi connectivity index (χ1n) is 7.72. The van der Waals surface area contributed by atoms with Crippen molar-refractivity contribution in [2.45, 2.75) is 12.5 Å². The zero-order valence-corrected chi connectivity index (χ0v) is 14.4. The molecule has 1 heterocycles. The van der Waals surface area contributed by atoms with E-state index in [1.165, 1.54) is 0 Å². The number of carbonyl (C=O) groups excluding carboxylic acids is 2. The molecule has 0 radical (unpaired) electrons. The molecular weight excluding hydrogens is 342 g/mol. The highest BCUT2D eigenvalue weighted by Gasteiger charge is 2.40. The Labute approximate surface area is 146 Å². The molecule has 6 nitrogen and oxygen atoms in total. The lowest BCUT2D eigenvalue weighted by molar-refractivity contribution is 0.0534. The van der Waals surface area contributed by atoms with Gasteiger partial charge >= 0.3 is 0 Å². The fourth-order valence-electron chi connectivity index (χ4n) is 2.85. The Hall–Kier alpha value is -2.51. The molecule has 2 aromatic rings. The van der Waals surface area contributed by atoms with Crippen LogP contribution in [0.25, 0.3) is 0 Å². The third kappa shape index (κ3) is 3.78. The van der Waals surface area contributed by atoms with Gasteiger partial charge in [0.2, 0.25) is 0 Å². The first-order valence-corrected chi connectivity index (χ1v) is 9.54. The Kier molecular flexibility index (Phi) is 4.69. The van der Waals surface area contributed by atoms with E-state index in [-0.39, 0.29) is 6.61 Å². The molecule has 0 saturated carbocycles. The summed E-state index contributed by atoms with van der Waals surface area (Å²) in [6, 6.07) is 15.1. The number of rotatable bonds is 6. The predicted molar refractivity (Wildman–Crippen MR) is 91.7 cm³/mol. The van der Waals surface area contributed by atoms with Gasteiger partial charge in [-0.25, -0.2) is 0 Å². The Morgan fingerprint density at radius 3 is 1.96 bits per heavy atom. The minimum Gasteiger partial charge on any atom is -0.269 e. The van der Waals surface area contributed by atoms with E-state index in [4.69, 9.17) is 4.18 Å². The lowest BCUT2D eigenvalue weighted by Crippen LogP contribution is -2.44. The molecule has 0 aliphatic carbocycles. The van der Waals surface area contributed by atoms with Gasteiger partial charge in [-0.2, -0.15) is 8.42 Å². The van der Waals surface area contributed by atoms with Gasteiger partial charge in [0.1, 0.15) is 0 Å². The fourth-order valence-corrected chi connectivity index (χ4v) is 3.26. The number of nitrogens with zero attached hydrogens (tertiary/aromatic N) is 1. The van der Waals surface area contributed by atoms with Crippen molar-refractivity contribution in [3.63, 3.8) is 0 Å². The maximum Gasteiger partial charge on any atom is 0.264 e. The van der Waals surface area contributed by atoms with Gasteiger partial charge < -0.3 is 0 Å². The molecule has 0 N–H and O–H groups in total. The smallest absolute Gasteiger partial charge is 0.264 e. The minimum absolute atomic E-state index is 0.279. The van der Waals surface area contributed by atoms with Crippen molar-refractivity contribution in [3.05, 3.63) is 71.3 Å². The number of imide groups is 1. The largest absolute Gasteiger partial charge is 0.269 e. The summed E-state index contributed by atoms with van der Waals surface area (Å²) in [5.41, 5.74) is 1.52. The summed E-state index contributed by atoms with van der Waals surface area (Å²) in [4.78, 5) is 26.4. The highest BCUT2D eigenvalue weighted by Crippen LogP contribution is 2.26. The number of fused-ring (bicyclic) bond motifs is 1. The molecule has 1 atom stereocenters. The van der Waals surface area contributed by atoms with Crippen molar-refractivity contribution in [1.82, 2.24) is 4.90 Å². The van der Waals surface area contributed by atoms with Crippen LogP contribution in [0, 0.1) is 0 Å². The maximum absolute atomic E-state index is 12.7. The maximum atomic E-state index is 12.7. The van der Waals surface area contributed by atoms with Crippen LogP contribution in [0.15, 0.2) is 54.6 Å². The van der Waals surface area contributed by atoms with Gasteiger partial charge in [-0.05, 0) is 24.1 Å². The predicted octanol–water partition coefficient (Wildman–Crippen LogP) is 1.87. The van der Waals surface area contributed by atoms with E-state index in [0.717, 1.165) is 16.7 Å². The van der Waals surface area contributed by atoms with E-state index in [0.29, 0.717) is 17.5 Å². The van der Waals surface area contributed by atoms with E-state index in [2.05, 4.69) is 0 Å². The van der Waals surface area contributed by atoms with Crippen molar-refractivity contribution < 1.29 is 22.2 Å². The summed E-state index contributed by atoms with van der Waals surface area (Å²) in [5, 5.41) is 0. The summed E-state index contributed by atoms with van der Waals surface area (Å²) in [5.74, 6) is -0.864. The zero-order chi connectivity index (χ0) is 18.0. The number of amides is 2. The van der Waals surface area contributed by atoms with E-state index in [1.807, 2.05) is 30.3 Å². The molecule has 7 heteroatoms. The number of carbonyl (C=O) groups is 2. The Morgan fingerprint density at radius 1 is 0.920 bits per heavy atom. The van der Waals surface area contributed by atoms with E-state index in [1.54, 1.807) is 24.3 Å². The molecule has 0 bridgehead atoms. The summed E-state index contributed by atoms with van der Waals surface area (Å²) < 4.78 is 27.6. The van der Waals surface area contributed by atoms with Crippen molar-refractivity contribution in [2.75, 3.05) is 12.9 Å². The van der Waals surface area contributed by atoms with Crippen LogP contribution in [0.2, 0.25) is 0 Å². The number of benzene rings is 2. The molecule has 0 saturated heterocycles. The summed E-state index contributed by atoms with van der Waals surface area (Å²) in [6.07, 6.45) is 1.25. The third-order valence-electron chi connectivity index (χ3n) is 3.98. The monoisotopic (exact) mass is 359 g/mol. The van der Waals surface area contributed by atoms with Crippen molar-refractivity contribution in [2.24, 2.45) is 0 Å². The molecule has 0 aromatic heterocycles. The second kappa shape index (κ2) is 6.78. The normalized spacial score (nSPS) is 15.3. The summed E-state index contributed by atoms with van der Waals surface area (Å²) >= 11 is 0. The standard InChI is InChI=1S/C18H17NO5S/c1-25(22,23)24-12-14(11-13-7-3-2-4-8-13)19-17(20)15-9-5-6-10-16(15)18(19)21/h2-10,14H,11-12H2,1H3. The molecule has 1 aliphatic rings. The van der Waals surface area contributed by atoms with Gasteiger partial charge in [-0.15, -0.1) is 0 Å². The van der Waals surface area contributed by atoms with Crippen LogP contribution in [0.4, 0.5) is 0 Å². The molecule has 1 unspecified atom stereocenters. The van der Waals surface area contributed by atoms with Gasteiger partial charge in [-0.3, -0.25) is 18.7 Å². The van der Waals surface area contributed by atoms with Crippen molar-refractivity contribution >= 4 is 21.9 Å². The van der Waals surface area contributed by atoms with Crippen LogP contribution < -0.4 is 0 Å². The molecule has 130 valence electrons. The van der Waals surface area contributed by atoms with Crippen LogP contribution in [-0.4, -0.2) is 44.0 Å². The Balaban J connectivity index is 1.91. The molecular formula is C18H17NO5S. The Bertz CT molecular complexity index is 873. The molecule has 25 heavy (non-hydrogen) atoms. The molecule has 2 amide bonds. The van der Waals surface area contributed by atoms with Crippen LogP contribution in [-0.2, 0) is 20.7 Å². The van der Waals surface area contributed by atoms with E-state index >= 15 is 0 Å². The molecule has 3 rings (SSSR count). The first kappa shape index (κ1) is 17.3. The van der Waals surface area contributed by atoms with Crippen molar-refractivity contribution in [1.29, 1.82) is 0 Å². The second-order valence-corrected chi connectivity index (χ2v) is 7.50. The van der Waals surface area contributed by atoms with Crippen LogP contribution in [0.1, 0.15) is 26.3 Å². The van der Waals surface area contributed by atoms with E-state index in [9.17, 15) is 18.0 Å². The Morgan fingerprint density at radius 2 is 1.44 bits per heavy atom. The van der Waals surface area contributed by atoms with Crippen LogP contribution in [0.3, 0.4) is 0 Å². The van der Waals surface area contributed by atoms with Gasteiger partial charge in [0, 0.05) is 0 Å². The van der Waals surface area contributed by atoms with Gasteiger partial charge in [0.15, 0.2) is 0 Å². The van der Waals surface area contributed by atoms with E-state index < -0.39 is 28.0 Å². The fraction of sp³-hybridized carbons (Fsp3) is 0.222. The zero-order valence-electron chi connectivity index (χ0n) is 13.6. The van der Waals surface area contributed by atoms with Gasteiger partial charge in [0.25, 0.3) is 21.9 Å². The lowest BCUT2D eigenvalue weighted by Gasteiger charge is -2.25. The molecule has 0 fully saturated rings. The second-order valence-electron chi connectivity index (χ2n) is 5.86. The van der Waals surface area contributed by atoms with Crippen LogP contribution >= 0.6 is 0 Å². The summed E-state index contributed by atoms with van der Waals surface area (Å²) in [6.45, 7) is -0.279. The van der Waals surface area contributed by atoms with Gasteiger partial charge in [0.05, 0.1) is 30.0 Å². The molecule has 2 aromatic carbocycles. The third-order valence-corrected chi connectivity index (χ3v) is 4.54. The highest BCUT2D eigenvalue weighted by atomic mass is 32.2. The first-order chi connectivity index (χ1) is 11.9. The number of hydrogen-bond donors (Lipinski definition) is 0. The number of hydrogen-bond acceptors (Lipinski definition) is 5. The lowest BCUT2D eigenvalue weighted by atomic mass is 10.1. The molecule has 0 spiro atoms. The average Bonchev–Trinajstić information content (AvgIpc) is 2.84. The SMILES string of the molecule is CS(=O)(=O)OCC(Cc1ccccc1)N1C(=O)c2ccccc2C1=O. The quantitative estimate of drug-likeness (QED) is 0.581.